The Bertz CT molecular complexity index is 760. The third-order valence-electron chi connectivity index (χ3n) is 3.30. The summed E-state index contributed by atoms with van der Waals surface area (Å²) in [6, 6.07) is 4.93. The second kappa shape index (κ2) is 4.92. The molecule has 0 unspecified atom stereocenters. The summed E-state index contributed by atoms with van der Waals surface area (Å²) >= 11 is 0. The zero-order valence-corrected chi connectivity index (χ0v) is 11.9. The lowest BCUT2D eigenvalue weighted by Gasteiger charge is -2.15. The Balaban J connectivity index is 2.84. The van der Waals surface area contributed by atoms with Crippen LogP contribution in [0.3, 0.4) is 0 Å². The number of pyridine rings is 2. The minimum atomic E-state index is -1.04. The van der Waals surface area contributed by atoms with E-state index in [0.29, 0.717) is 22.6 Å². The van der Waals surface area contributed by atoms with Gasteiger partial charge in [-0.3, -0.25) is 14.3 Å². The predicted molar refractivity (Wildman–Crippen MR) is 75.7 cm³/mol. The molecule has 1 N–H and O–H groups in total. The van der Waals surface area contributed by atoms with Gasteiger partial charge in [0.1, 0.15) is 0 Å². The van der Waals surface area contributed by atoms with Crippen LogP contribution in [0.25, 0.3) is 5.69 Å². The second-order valence-corrected chi connectivity index (χ2v) is 4.82. The Morgan fingerprint density at radius 1 is 1.20 bits per heavy atom. The van der Waals surface area contributed by atoms with E-state index in [4.69, 9.17) is 0 Å². The molecule has 0 atom stereocenters. The van der Waals surface area contributed by atoms with Crippen molar-refractivity contribution < 1.29 is 9.90 Å². The minimum absolute atomic E-state index is 0.157. The molecule has 0 bridgehead atoms. The van der Waals surface area contributed by atoms with E-state index in [1.807, 2.05) is 6.92 Å². The highest BCUT2D eigenvalue weighted by molar-refractivity contribution is 5.90. The van der Waals surface area contributed by atoms with Gasteiger partial charge < -0.3 is 5.11 Å². The molecule has 0 aliphatic heterocycles. The van der Waals surface area contributed by atoms with Crippen molar-refractivity contribution in [3.05, 3.63) is 56.8 Å². The maximum absolute atomic E-state index is 12.2. The number of nitrogens with zero attached hydrogens (tertiary/aromatic N) is 2. The summed E-state index contributed by atoms with van der Waals surface area (Å²) in [5.74, 6) is -1.04. The van der Waals surface area contributed by atoms with E-state index in [9.17, 15) is 14.7 Å². The van der Waals surface area contributed by atoms with Gasteiger partial charge in [0.15, 0.2) is 0 Å². The molecule has 0 aliphatic carbocycles. The molecular weight excluding hydrogens is 256 g/mol. The van der Waals surface area contributed by atoms with Crippen LogP contribution in [0.4, 0.5) is 0 Å². The van der Waals surface area contributed by atoms with Gasteiger partial charge in [-0.25, -0.2) is 4.79 Å². The first-order valence-corrected chi connectivity index (χ1v) is 6.24. The summed E-state index contributed by atoms with van der Waals surface area (Å²) in [7, 11) is 0. The van der Waals surface area contributed by atoms with Gasteiger partial charge in [-0.1, -0.05) is 0 Å². The summed E-state index contributed by atoms with van der Waals surface area (Å²) in [6.45, 7) is 6.93. The molecule has 0 fully saturated rings. The first-order chi connectivity index (χ1) is 9.32. The Morgan fingerprint density at radius 3 is 2.40 bits per heavy atom. The smallest absolute Gasteiger partial charge is 0.337 e. The van der Waals surface area contributed by atoms with Crippen LogP contribution < -0.4 is 5.56 Å². The number of hydrogen-bond donors (Lipinski definition) is 1. The largest absolute Gasteiger partial charge is 0.478 e. The highest BCUT2D eigenvalue weighted by atomic mass is 16.4. The van der Waals surface area contributed by atoms with E-state index in [0.717, 1.165) is 5.69 Å². The molecule has 104 valence electrons. The van der Waals surface area contributed by atoms with Crippen molar-refractivity contribution in [2.45, 2.75) is 27.7 Å². The van der Waals surface area contributed by atoms with Crippen molar-refractivity contribution in [3.8, 4) is 5.69 Å². The lowest BCUT2D eigenvalue weighted by Crippen LogP contribution is -2.25. The first kappa shape index (κ1) is 14.0. The van der Waals surface area contributed by atoms with Gasteiger partial charge in [0.2, 0.25) is 0 Å². The van der Waals surface area contributed by atoms with Gasteiger partial charge >= 0.3 is 5.97 Å². The van der Waals surface area contributed by atoms with Crippen molar-refractivity contribution in [1.29, 1.82) is 0 Å². The van der Waals surface area contributed by atoms with Gasteiger partial charge in [0.05, 0.1) is 16.9 Å². The minimum Gasteiger partial charge on any atom is -0.478 e. The van der Waals surface area contributed by atoms with Crippen LogP contribution in [0.1, 0.15) is 33.0 Å². The summed E-state index contributed by atoms with van der Waals surface area (Å²) in [6.07, 6.45) is 0. The standard InChI is InChI=1S/C15H16N2O3/c1-8-7-13(18)17(11(4)14(8)15(19)20)12-6-5-9(2)16-10(12)3/h5-7H,1-4H3,(H,19,20). The lowest BCUT2D eigenvalue weighted by molar-refractivity contribution is 0.0694. The third kappa shape index (κ3) is 2.22. The third-order valence-corrected chi connectivity index (χ3v) is 3.30. The van der Waals surface area contributed by atoms with Crippen LogP contribution in [-0.4, -0.2) is 20.6 Å². The molecular formula is C15H16N2O3. The molecule has 0 spiro atoms. The van der Waals surface area contributed by atoms with E-state index in [1.54, 1.807) is 32.9 Å². The topological polar surface area (TPSA) is 72.2 Å². The fourth-order valence-electron chi connectivity index (χ4n) is 2.42. The Labute approximate surface area is 116 Å². The molecule has 2 aromatic heterocycles. The molecule has 2 heterocycles. The molecule has 0 aromatic carbocycles. The Kier molecular flexibility index (Phi) is 3.44. The van der Waals surface area contributed by atoms with Crippen molar-refractivity contribution in [2.75, 3.05) is 0 Å². The zero-order valence-electron chi connectivity index (χ0n) is 11.9. The van der Waals surface area contributed by atoms with Crippen LogP contribution in [-0.2, 0) is 0 Å². The normalized spacial score (nSPS) is 10.6. The fourth-order valence-corrected chi connectivity index (χ4v) is 2.42. The second-order valence-electron chi connectivity index (χ2n) is 4.82. The van der Waals surface area contributed by atoms with Gasteiger partial charge in [-0.2, -0.15) is 0 Å². The monoisotopic (exact) mass is 272 g/mol. The van der Waals surface area contributed by atoms with E-state index < -0.39 is 5.97 Å². The summed E-state index contributed by atoms with van der Waals surface area (Å²) < 4.78 is 1.40. The quantitative estimate of drug-likeness (QED) is 0.909. The molecule has 2 aromatic rings. The number of carboxylic acid groups (broad SMARTS) is 1. The van der Waals surface area contributed by atoms with E-state index in [1.165, 1.54) is 10.6 Å². The van der Waals surface area contributed by atoms with Gasteiger partial charge in [0.25, 0.3) is 5.56 Å². The Hall–Kier alpha value is -2.43. The number of aromatic nitrogens is 2. The van der Waals surface area contributed by atoms with Crippen LogP contribution in [0.2, 0.25) is 0 Å². The van der Waals surface area contributed by atoms with Crippen LogP contribution in [0, 0.1) is 27.7 Å². The SMILES string of the molecule is Cc1ccc(-n2c(C)c(C(=O)O)c(C)cc2=O)c(C)n1. The molecule has 5 heteroatoms. The maximum atomic E-state index is 12.2. The summed E-state index contributed by atoms with van der Waals surface area (Å²) in [5, 5.41) is 9.29. The number of hydrogen-bond acceptors (Lipinski definition) is 3. The summed E-state index contributed by atoms with van der Waals surface area (Å²) in [4.78, 5) is 27.9. The van der Waals surface area contributed by atoms with Crippen molar-refractivity contribution in [1.82, 2.24) is 9.55 Å². The van der Waals surface area contributed by atoms with E-state index in [2.05, 4.69) is 4.98 Å². The maximum Gasteiger partial charge on any atom is 0.337 e. The molecule has 0 saturated carbocycles. The number of carboxylic acids is 1. The van der Waals surface area contributed by atoms with Crippen LogP contribution >= 0.6 is 0 Å². The van der Waals surface area contributed by atoms with Crippen molar-refractivity contribution in [3.63, 3.8) is 0 Å². The van der Waals surface area contributed by atoms with Crippen LogP contribution in [0.15, 0.2) is 23.0 Å². The highest BCUT2D eigenvalue weighted by Crippen LogP contribution is 2.17. The fraction of sp³-hybridized carbons (Fsp3) is 0.267. The summed E-state index contributed by atoms with van der Waals surface area (Å²) in [5.41, 5.74) is 2.94. The molecule has 0 saturated heterocycles. The van der Waals surface area contributed by atoms with Gasteiger partial charge in [-0.15, -0.1) is 0 Å². The van der Waals surface area contributed by atoms with Gasteiger partial charge in [0, 0.05) is 17.5 Å². The van der Waals surface area contributed by atoms with E-state index >= 15 is 0 Å². The van der Waals surface area contributed by atoms with Crippen LogP contribution in [0.5, 0.6) is 0 Å². The average molecular weight is 272 g/mol. The van der Waals surface area contributed by atoms with Gasteiger partial charge in [-0.05, 0) is 45.4 Å². The van der Waals surface area contributed by atoms with Crippen molar-refractivity contribution >= 4 is 5.97 Å². The molecule has 0 radical (unpaired) electrons. The number of aryl methyl sites for hydroxylation is 3. The predicted octanol–water partition coefficient (Wildman–Crippen LogP) is 2.16. The highest BCUT2D eigenvalue weighted by Gasteiger charge is 2.17. The number of rotatable bonds is 2. The molecule has 5 nitrogen and oxygen atoms in total. The van der Waals surface area contributed by atoms with E-state index in [-0.39, 0.29) is 11.1 Å². The zero-order chi connectivity index (χ0) is 15.0. The number of carbonyl (C=O) groups is 1. The lowest BCUT2D eigenvalue weighted by atomic mass is 10.1. The average Bonchev–Trinajstić information content (AvgIpc) is 2.30. The molecule has 20 heavy (non-hydrogen) atoms. The molecule has 2 rings (SSSR count). The van der Waals surface area contributed by atoms with Crippen molar-refractivity contribution in [2.24, 2.45) is 0 Å². The molecule has 0 aliphatic rings. The first-order valence-electron chi connectivity index (χ1n) is 6.24. The molecule has 0 amide bonds. The Morgan fingerprint density at radius 2 is 1.85 bits per heavy atom. The number of aromatic carboxylic acids is 1.